The van der Waals surface area contributed by atoms with Gasteiger partial charge in [-0.15, -0.1) is 0 Å². The highest BCUT2D eigenvalue weighted by atomic mass is 16.5. The van der Waals surface area contributed by atoms with Crippen molar-refractivity contribution in [3.8, 4) is 0 Å². The second kappa shape index (κ2) is 7.32. The second-order valence-corrected chi connectivity index (χ2v) is 6.08. The van der Waals surface area contributed by atoms with E-state index in [0.29, 0.717) is 6.10 Å². The molecule has 0 spiro atoms. The molecule has 1 atom stereocenters. The minimum atomic E-state index is 0.565. The van der Waals surface area contributed by atoms with Gasteiger partial charge < -0.3 is 4.74 Å². The maximum Gasteiger partial charge on any atom is 0.0598 e. The molecular formula is C15H30O. The molecule has 0 radical (unpaired) electrons. The van der Waals surface area contributed by atoms with E-state index in [1.165, 1.54) is 38.5 Å². The highest BCUT2D eigenvalue weighted by molar-refractivity contribution is 4.69. The van der Waals surface area contributed by atoms with Crippen molar-refractivity contribution < 1.29 is 4.74 Å². The number of rotatable bonds is 2. The third-order valence-corrected chi connectivity index (χ3v) is 4.05. The Hall–Kier alpha value is -0.0400. The molecule has 0 aromatic carbocycles. The molecule has 0 amide bonds. The molecule has 1 unspecified atom stereocenters. The normalized spacial score (nSPS) is 26.2. The molecule has 1 aliphatic heterocycles. The number of hydrogen-bond donors (Lipinski definition) is 0. The van der Waals surface area contributed by atoms with E-state index in [4.69, 9.17) is 4.74 Å². The van der Waals surface area contributed by atoms with E-state index >= 15 is 0 Å². The van der Waals surface area contributed by atoms with Gasteiger partial charge in [-0.3, -0.25) is 0 Å². The highest BCUT2D eigenvalue weighted by Gasteiger charge is 2.18. The largest absolute Gasteiger partial charge is 0.378 e. The summed E-state index contributed by atoms with van der Waals surface area (Å²) in [4.78, 5) is 0. The summed E-state index contributed by atoms with van der Waals surface area (Å²) in [6.07, 6.45) is 9.08. The van der Waals surface area contributed by atoms with Crippen molar-refractivity contribution in [1.29, 1.82) is 0 Å². The van der Waals surface area contributed by atoms with Crippen LogP contribution in [0.4, 0.5) is 0 Å². The number of ether oxygens (including phenoxy) is 1. The summed E-state index contributed by atoms with van der Waals surface area (Å²) in [6.45, 7) is 10.1. The van der Waals surface area contributed by atoms with Crippen molar-refractivity contribution in [1.82, 2.24) is 0 Å². The first kappa shape index (κ1) is 14.0. The quantitative estimate of drug-likeness (QED) is 0.665. The fraction of sp³-hybridized carbons (Fsp3) is 1.00. The zero-order valence-corrected chi connectivity index (χ0v) is 11.7. The molecule has 2 rings (SSSR count). The summed E-state index contributed by atoms with van der Waals surface area (Å²) < 4.78 is 5.41. The van der Waals surface area contributed by atoms with Gasteiger partial charge in [0.05, 0.1) is 6.10 Å². The van der Waals surface area contributed by atoms with Gasteiger partial charge in [-0.25, -0.2) is 0 Å². The Labute approximate surface area is 102 Å². The van der Waals surface area contributed by atoms with Crippen LogP contribution in [0.5, 0.6) is 0 Å². The summed E-state index contributed by atoms with van der Waals surface area (Å²) >= 11 is 0. The molecule has 1 aliphatic carbocycles. The van der Waals surface area contributed by atoms with Crippen LogP contribution in [-0.4, -0.2) is 12.7 Å². The lowest BCUT2D eigenvalue weighted by atomic mass is 9.95. The molecule has 96 valence electrons. The summed E-state index contributed by atoms with van der Waals surface area (Å²) in [5.74, 6) is 2.73. The van der Waals surface area contributed by atoms with E-state index in [-0.39, 0.29) is 0 Å². The topological polar surface area (TPSA) is 9.23 Å². The Morgan fingerprint density at radius 3 is 1.69 bits per heavy atom. The summed E-state index contributed by atoms with van der Waals surface area (Å²) in [5, 5.41) is 0. The molecule has 1 saturated heterocycles. The summed E-state index contributed by atoms with van der Waals surface area (Å²) in [7, 11) is 0. The van der Waals surface area contributed by atoms with E-state index in [1.54, 1.807) is 0 Å². The maximum absolute atomic E-state index is 5.41. The molecule has 2 fully saturated rings. The summed E-state index contributed by atoms with van der Waals surface area (Å²) in [5.41, 5.74) is 0. The smallest absolute Gasteiger partial charge is 0.0598 e. The first-order valence-corrected chi connectivity index (χ1v) is 7.23. The van der Waals surface area contributed by atoms with Crippen molar-refractivity contribution in [2.45, 2.75) is 72.3 Å². The van der Waals surface area contributed by atoms with Gasteiger partial charge in [0.1, 0.15) is 0 Å². The maximum atomic E-state index is 5.41. The zero-order chi connectivity index (χ0) is 12.0. The Balaban J connectivity index is 0.000000160. The molecule has 2 aliphatic rings. The Morgan fingerprint density at radius 2 is 1.44 bits per heavy atom. The van der Waals surface area contributed by atoms with Crippen LogP contribution in [0.1, 0.15) is 66.2 Å². The standard InChI is InChI=1S/C8H16.C7H14O/c1-7(2)8-5-3-4-6-8;1-6(2)7-4-3-5-8-7/h7-8H,3-6H2,1-2H3;6-7H,3-5H2,1-2H3. The monoisotopic (exact) mass is 226 g/mol. The first-order valence-electron chi connectivity index (χ1n) is 7.23. The molecule has 1 heteroatoms. The Kier molecular flexibility index (Phi) is 6.41. The summed E-state index contributed by atoms with van der Waals surface area (Å²) in [6, 6.07) is 0. The molecule has 0 bridgehead atoms. The molecule has 1 heterocycles. The van der Waals surface area contributed by atoms with Crippen LogP contribution in [0.15, 0.2) is 0 Å². The van der Waals surface area contributed by atoms with Gasteiger partial charge in [0.2, 0.25) is 0 Å². The fourth-order valence-electron chi connectivity index (χ4n) is 2.75. The molecule has 1 nitrogen and oxygen atoms in total. The third kappa shape index (κ3) is 4.86. The van der Waals surface area contributed by atoms with Crippen molar-refractivity contribution in [3.05, 3.63) is 0 Å². The van der Waals surface area contributed by atoms with E-state index in [9.17, 15) is 0 Å². The molecule has 0 aromatic rings. The van der Waals surface area contributed by atoms with Crippen LogP contribution >= 0.6 is 0 Å². The van der Waals surface area contributed by atoms with Crippen LogP contribution in [0.3, 0.4) is 0 Å². The zero-order valence-electron chi connectivity index (χ0n) is 11.7. The van der Waals surface area contributed by atoms with Crippen LogP contribution in [0, 0.1) is 17.8 Å². The van der Waals surface area contributed by atoms with Gasteiger partial charge >= 0.3 is 0 Å². The van der Waals surface area contributed by atoms with E-state index in [1.807, 2.05) is 0 Å². The molecule has 1 saturated carbocycles. The Morgan fingerprint density at radius 1 is 0.812 bits per heavy atom. The average molecular weight is 226 g/mol. The predicted octanol–water partition coefficient (Wildman–Crippen LogP) is 4.65. The van der Waals surface area contributed by atoms with Gasteiger partial charge in [-0.2, -0.15) is 0 Å². The molecular weight excluding hydrogens is 196 g/mol. The van der Waals surface area contributed by atoms with Crippen LogP contribution in [0.2, 0.25) is 0 Å². The van der Waals surface area contributed by atoms with E-state index < -0.39 is 0 Å². The van der Waals surface area contributed by atoms with Crippen LogP contribution in [-0.2, 0) is 4.74 Å². The molecule has 0 aromatic heterocycles. The van der Waals surface area contributed by atoms with Gasteiger partial charge in [0.15, 0.2) is 0 Å². The third-order valence-electron chi connectivity index (χ3n) is 4.05. The first-order chi connectivity index (χ1) is 7.61. The SMILES string of the molecule is CC(C)C1CCCC1.CC(C)C1CCCO1. The molecule has 0 N–H and O–H groups in total. The van der Waals surface area contributed by atoms with E-state index in [0.717, 1.165) is 24.4 Å². The van der Waals surface area contributed by atoms with Crippen molar-refractivity contribution in [3.63, 3.8) is 0 Å². The lowest BCUT2D eigenvalue weighted by Gasteiger charge is -2.11. The van der Waals surface area contributed by atoms with Crippen molar-refractivity contribution in [2.24, 2.45) is 17.8 Å². The van der Waals surface area contributed by atoms with Gasteiger partial charge in [0.25, 0.3) is 0 Å². The van der Waals surface area contributed by atoms with Gasteiger partial charge in [-0.05, 0) is 30.6 Å². The fourth-order valence-corrected chi connectivity index (χ4v) is 2.75. The lowest BCUT2D eigenvalue weighted by molar-refractivity contribution is 0.0758. The minimum absolute atomic E-state index is 0.565. The van der Waals surface area contributed by atoms with Crippen molar-refractivity contribution >= 4 is 0 Å². The average Bonchev–Trinajstić information content (AvgIpc) is 2.93. The lowest BCUT2D eigenvalue weighted by Crippen LogP contribution is -2.12. The minimum Gasteiger partial charge on any atom is -0.378 e. The van der Waals surface area contributed by atoms with Crippen molar-refractivity contribution in [2.75, 3.05) is 6.61 Å². The van der Waals surface area contributed by atoms with E-state index in [2.05, 4.69) is 27.7 Å². The highest BCUT2D eigenvalue weighted by Crippen LogP contribution is 2.30. The Bertz CT molecular complexity index is 142. The van der Waals surface area contributed by atoms with Crippen LogP contribution in [0.25, 0.3) is 0 Å². The van der Waals surface area contributed by atoms with Crippen LogP contribution < -0.4 is 0 Å². The van der Waals surface area contributed by atoms with Gasteiger partial charge in [-0.1, -0.05) is 53.4 Å². The molecule has 16 heavy (non-hydrogen) atoms. The second-order valence-electron chi connectivity index (χ2n) is 6.08. The predicted molar refractivity (Wildman–Crippen MR) is 70.6 cm³/mol. The van der Waals surface area contributed by atoms with Gasteiger partial charge in [0, 0.05) is 6.61 Å². The number of hydrogen-bond acceptors (Lipinski definition) is 1.